The summed E-state index contributed by atoms with van der Waals surface area (Å²) >= 11 is -1.94. The van der Waals surface area contributed by atoms with Crippen molar-refractivity contribution in [3.63, 3.8) is 0 Å². The largest absolute Gasteiger partial charge is 0.385 e. The van der Waals surface area contributed by atoms with Gasteiger partial charge in [0.25, 0.3) is 0 Å². The molecular formula is C16H20FN3O2S. The van der Waals surface area contributed by atoms with Crippen molar-refractivity contribution in [1.82, 2.24) is 9.71 Å². The standard InChI is InChI=1S/C16H20FN3O2S/c17-15-9-14(8-12-2-1-7-18-16(12)15)19-10-11-3-5-13(6-4-11)20-23(21)22/h1-2,7-9,11,13,19-20H,3-6,10H2,(H,21,22). The zero-order valence-electron chi connectivity index (χ0n) is 12.7. The van der Waals surface area contributed by atoms with E-state index >= 15 is 0 Å². The zero-order chi connectivity index (χ0) is 16.2. The molecule has 0 spiro atoms. The average Bonchev–Trinajstić information content (AvgIpc) is 2.54. The van der Waals surface area contributed by atoms with Crippen molar-refractivity contribution in [2.75, 3.05) is 11.9 Å². The molecule has 1 unspecified atom stereocenters. The van der Waals surface area contributed by atoms with Crippen LogP contribution in [0.3, 0.4) is 0 Å². The number of benzene rings is 1. The van der Waals surface area contributed by atoms with E-state index in [1.54, 1.807) is 12.3 Å². The van der Waals surface area contributed by atoms with Crippen molar-refractivity contribution < 1.29 is 13.2 Å². The highest BCUT2D eigenvalue weighted by Crippen LogP contribution is 2.26. The molecule has 1 aliphatic carbocycles. The van der Waals surface area contributed by atoms with Gasteiger partial charge in [0.2, 0.25) is 11.3 Å². The molecule has 1 aromatic carbocycles. The number of fused-ring (bicyclic) bond motifs is 1. The Hall–Kier alpha value is -1.57. The Labute approximate surface area is 137 Å². The Morgan fingerprint density at radius 1 is 1.30 bits per heavy atom. The van der Waals surface area contributed by atoms with Crippen molar-refractivity contribution in [2.24, 2.45) is 5.92 Å². The maximum atomic E-state index is 14.0. The van der Waals surface area contributed by atoms with Crippen LogP contribution in [0.25, 0.3) is 10.9 Å². The number of halogens is 1. The second kappa shape index (κ2) is 7.33. The fourth-order valence-corrected chi connectivity index (χ4v) is 3.66. The van der Waals surface area contributed by atoms with Gasteiger partial charge in [0.05, 0.1) is 0 Å². The van der Waals surface area contributed by atoms with Gasteiger partial charge in [-0.25, -0.2) is 13.3 Å². The molecule has 1 aliphatic rings. The maximum absolute atomic E-state index is 14.0. The number of aromatic nitrogens is 1. The van der Waals surface area contributed by atoms with Crippen LogP contribution in [0.1, 0.15) is 25.7 Å². The van der Waals surface area contributed by atoms with E-state index in [1.165, 1.54) is 6.07 Å². The molecule has 1 atom stereocenters. The number of hydrogen-bond acceptors (Lipinski definition) is 3. The summed E-state index contributed by atoms with van der Waals surface area (Å²) in [5.41, 5.74) is 1.15. The molecule has 0 aliphatic heterocycles. The first-order chi connectivity index (χ1) is 11.1. The van der Waals surface area contributed by atoms with E-state index in [0.717, 1.165) is 43.3 Å². The number of anilines is 1. The van der Waals surface area contributed by atoms with Gasteiger partial charge in [0.1, 0.15) is 5.52 Å². The van der Waals surface area contributed by atoms with Gasteiger partial charge in [0.15, 0.2) is 5.82 Å². The fourth-order valence-electron chi connectivity index (χ4n) is 3.14. The van der Waals surface area contributed by atoms with Gasteiger partial charge in [-0.1, -0.05) is 6.07 Å². The van der Waals surface area contributed by atoms with Crippen LogP contribution in [0.4, 0.5) is 10.1 Å². The lowest BCUT2D eigenvalue weighted by atomic mass is 9.86. The van der Waals surface area contributed by atoms with Gasteiger partial charge in [-0.15, -0.1) is 0 Å². The minimum atomic E-state index is -1.94. The highest BCUT2D eigenvalue weighted by molar-refractivity contribution is 7.77. The first-order valence-corrected chi connectivity index (χ1v) is 8.87. The van der Waals surface area contributed by atoms with Gasteiger partial charge in [-0.2, -0.15) is 0 Å². The SMILES string of the molecule is O=S(O)NC1CCC(CNc2cc(F)c3ncccc3c2)CC1. The van der Waals surface area contributed by atoms with Crippen LogP contribution in [0.2, 0.25) is 0 Å². The lowest BCUT2D eigenvalue weighted by Crippen LogP contribution is -2.35. The summed E-state index contributed by atoms with van der Waals surface area (Å²) in [7, 11) is 0. The van der Waals surface area contributed by atoms with Gasteiger partial charge in [-0.3, -0.25) is 9.54 Å². The van der Waals surface area contributed by atoms with Crippen molar-refractivity contribution in [1.29, 1.82) is 0 Å². The van der Waals surface area contributed by atoms with Crippen molar-refractivity contribution in [3.8, 4) is 0 Å². The van der Waals surface area contributed by atoms with Crippen LogP contribution >= 0.6 is 0 Å². The zero-order valence-corrected chi connectivity index (χ0v) is 13.5. The third kappa shape index (κ3) is 4.25. The second-order valence-electron chi connectivity index (χ2n) is 6.00. The molecule has 0 bridgehead atoms. The summed E-state index contributed by atoms with van der Waals surface area (Å²) in [5.74, 6) is 0.178. The van der Waals surface area contributed by atoms with Gasteiger partial charge >= 0.3 is 0 Å². The van der Waals surface area contributed by atoms with Gasteiger partial charge in [-0.05, 0) is 49.8 Å². The van der Waals surface area contributed by atoms with Crippen LogP contribution in [0.15, 0.2) is 30.5 Å². The molecule has 1 saturated carbocycles. The number of rotatable bonds is 5. The highest BCUT2D eigenvalue weighted by Gasteiger charge is 2.21. The predicted molar refractivity (Wildman–Crippen MR) is 89.8 cm³/mol. The molecule has 1 fully saturated rings. The summed E-state index contributed by atoms with van der Waals surface area (Å²) in [6.07, 6.45) is 5.33. The molecule has 0 amide bonds. The molecule has 3 rings (SSSR count). The van der Waals surface area contributed by atoms with E-state index in [-0.39, 0.29) is 11.9 Å². The summed E-state index contributed by atoms with van der Waals surface area (Å²) in [6, 6.07) is 7.15. The molecule has 3 N–H and O–H groups in total. The smallest absolute Gasteiger partial charge is 0.231 e. The van der Waals surface area contributed by atoms with Crippen LogP contribution in [0, 0.1) is 11.7 Å². The van der Waals surface area contributed by atoms with E-state index in [1.807, 2.05) is 12.1 Å². The van der Waals surface area contributed by atoms with Crippen LogP contribution in [-0.4, -0.2) is 26.3 Å². The molecule has 0 radical (unpaired) electrons. The predicted octanol–water partition coefficient (Wildman–Crippen LogP) is 3.07. The van der Waals surface area contributed by atoms with Crippen molar-refractivity contribution >= 4 is 27.9 Å². The summed E-state index contributed by atoms with van der Waals surface area (Å²) in [5, 5.41) is 4.09. The quantitative estimate of drug-likeness (QED) is 0.733. The Kier molecular flexibility index (Phi) is 5.20. The fraction of sp³-hybridized carbons (Fsp3) is 0.438. The molecule has 5 nitrogen and oxygen atoms in total. The molecule has 23 heavy (non-hydrogen) atoms. The monoisotopic (exact) mass is 337 g/mol. The third-order valence-corrected chi connectivity index (χ3v) is 4.90. The van der Waals surface area contributed by atoms with E-state index in [2.05, 4.69) is 15.0 Å². The summed E-state index contributed by atoms with van der Waals surface area (Å²) in [4.78, 5) is 4.05. The summed E-state index contributed by atoms with van der Waals surface area (Å²) < 4.78 is 36.3. The second-order valence-corrected chi connectivity index (χ2v) is 6.73. The lowest BCUT2D eigenvalue weighted by Gasteiger charge is -2.28. The van der Waals surface area contributed by atoms with Crippen molar-refractivity contribution in [2.45, 2.75) is 31.7 Å². The van der Waals surface area contributed by atoms with Crippen LogP contribution < -0.4 is 10.0 Å². The van der Waals surface area contributed by atoms with E-state index in [9.17, 15) is 8.60 Å². The van der Waals surface area contributed by atoms with Crippen molar-refractivity contribution in [3.05, 3.63) is 36.3 Å². The Bertz CT molecular complexity index is 705. The third-order valence-electron chi connectivity index (χ3n) is 4.37. The molecule has 1 heterocycles. The molecular weight excluding hydrogens is 317 g/mol. The number of nitrogens with one attached hydrogen (secondary N) is 2. The maximum Gasteiger partial charge on any atom is 0.231 e. The van der Waals surface area contributed by atoms with Gasteiger partial charge in [0, 0.05) is 29.9 Å². The highest BCUT2D eigenvalue weighted by atomic mass is 32.2. The van der Waals surface area contributed by atoms with E-state index < -0.39 is 11.3 Å². The molecule has 2 aromatic rings. The average molecular weight is 337 g/mol. The number of hydrogen-bond donors (Lipinski definition) is 3. The van der Waals surface area contributed by atoms with Gasteiger partial charge < -0.3 is 5.32 Å². The Morgan fingerprint density at radius 2 is 2.09 bits per heavy atom. The molecule has 124 valence electrons. The Balaban J connectivity index is 1.56. The number of pyridine rings is 1. The minimum Gasteiger partial charge on any atom is -0.385 e. The molecule has 1 aromatic heterocycles. The molecule has 0 saturated heterocycles. The first kappa shape index (κ1) is 16.3. The molecule has 7 heteroatoms. The van der Waals surface area contributed by atoms with E-state index in [0.29, 0.717) is 11.4 Å². The van der Waals surface area contributed by atoms with Crippen LogP contribution in [-0.2, 0) is 11.3 Å². The summed E-state index contributed by atoms with van der Waals surface area (Å²) in [6.45, 7) is 0.778. The first-order valence-electron chi connectivity index (χ1n) is 7.77. The lowest BCUT2D eigenvalue weighted by molar-refractivity contribution is 0.323. The van der Waals surface area contributed by atoms with Crippen LogP contribution in [0.5, 0.6) is 0 Å². The topological polar surface area (TPSA) is 74.2 Å². The van der Waals surface area contributed by atoms with E-state index in [4.69, 9.17) is 4.55 Å². The minimum absolute atomic E-state index is 0.112. The Morgan fingerprint density at radius 3 is 2.83 bits per heavy atom. The number of nitrogens with zero attached hydrogens (tertiary/aromatic N) is 1. The normalized spacial score (nSPS) is 22.9.